The highest BCUT2D eigenvalue weighted by Gasteiger charge is 2.17. The minimum absolute atomic E-state index is 0.0232. The molecule has 112 valence electrons. The lowest BCUT2D eigenvalue weighted by Crippen LogP contribution is -2.38. The molecule has 3 heterocycles. The van der Waals surface area contributed by atoms with E-state index >= 15 is 0 Å². The summed E-state index contributed by atoms with van der Waals surface area (Å²) in [7, 11) is 0. The lowest BCUT2D eigenvalue weighted by molar-refractivity contribution is 0.251. The minimum atomic E-state index is -0.0232. The molecule has 1 aliphatic rings. The third-order valence-corrected chi connectivity index (χ3v) is 4.13. The second-order valence-electron chi connectivity index (χ2n) is 5.74. The molecule has 0 bridgehead atoms. The van der Waals surface area contributed by atoms with Crippen molar-refractivity contribution in [1.29, 1.82) is 0 Å². The molecule has 0 spiro atoms. The van der Waals surface area contributed by atoms with E-state index in [4.69, 9.17) is 0 Å². The van der Waals surface area contributed by atoms with Crippen molar-refractivity contribution in [2.45, 2.75) is 32.4 Å². The highest BCUT2D eigenvalue weighted by Crippen LogP contribution is 2.10. The maximum Gasteiger partial charge on any atom is 0.258 e. The molecule has 0 amide bonds. The molecule has 5 nitrogen and oxygen atoms in total. The highest BCUT2D eigenvalue weighted by molar-refractivity contribution is 5.37. The Morgan fingerprint density at radius 3 is 2.95 bits per heavy atom. The lowest BCUT2D eigenvalue weighted by atomic mass is 10.3. The molecular formula is C16H22N4O. The summed E-state index contributed by atoms with van der Waals surface area (Å²) in [6, 6.07) is 7.74. The van der Waals surface area contributed by atoms with Gasteiger partial charge in [-0.15, -0.1) is 0 Å². The number of nitrogens with zero attached hydrogens (tertiary/aromatic N) is 3. The Morgan fingerprint density at radius 2 is 2.14 bits per heavy atom. The van der Waals surface area contributed by atoms with E-state index in [1.807, 2.05) is 18.2 Å². The van der Waals surface area contributed by atoms with Gasteiger partial charge in [-0.25, -0.2) is 4.98 Å². The van der Waals surface area contributed by atoms with Gasteiger partial charge in [-0.1, -0.05) is 6.07 Å². The van der Waals surface area contributed by atoms with Gasteiger partial charge in [0.05, 0.1) is 5.69 Å². The average molecular weight is 286 g/mol. The van der Waals surface area contributed by atoms with Crippen molar-refractivity contribution in [3.8, 4) is 0 Å². The number of fused-ring (bicyclic) bond motifs is 1. The number of hydrogen-bond donors (Lipinski definition) is 1. The van der Waals surface area contributed by atoms with Gasteiger partial charge in [0.2, 0.25) is 0 Å². The summed E-state index contributed by atoms with van der Waals surface area (Å²) in [5, 5.41) is 3.42. The topological polar surface area (TPSA) is 49.6 Å². The van der Waals surface area contributed by atoms with E-state index in [1.54, 1.807) is 16.7 Å². The van der Waals surface area contributed by atoms with Gasteiger partial charge in [-0.3, -0.25) is 14.1 Å². The van der Waals surface area contributed by atoms with Crippen LogP contribution in [0.3, 0.4) is 0 Å². The van der Waals surface area contributed by atoms with Crippen LogP contribution in [0.25, 0.3) is 5.65 Å². The fraction of sp³-hybridized carbons (Fsp3) is 0.500. The van der Waals surface area contributed by atoms with Crippen molar-refractivity contribution in [2.75, 3.05) is 19.6 Å². The van der Waals surface area contributed by atoms with Crippen LogP contribution in [0.4, 0.5) is 0 Å². The monoisotopic (exact) mass is 286 g/mol. The van der Waals surface area contributed by atoms with Crippen LogP contribution >= 0.6 is 0 Å². The molecule has 5 heteroatoms. The van der Waals surface area contributed by atoms with Gasteiger partial charge < -0.3 is 5.32 Å². The Hall–Kier alpha value is -1.72. The van der Waals surface area contributed by atoms with Crippen molar-refractivity contribution in [2.24, 2.45) is 0 Å². The standard InChI is InChI=1S/C16H22N4O/c1-13(19-7-4-5-8-19)11-17-12-14-10-16(21)20-9-3-2-6-15(20)18-14/h2-3,6,9-10,13,17H,4-5,7-8,11-12H2,1H3. The molecule has 0 aliphatic carbocycles. The van der Waals surface area contributed by atoms with E-state index in [9.17, 15) is 4.79 Å². The van der Waals surface area contributed by atoms with Crippen LogP contribution in [0, 0.1) is 0 Å². The molecule has 1 atom stereocenters. The zero-order chi connectivity index (χ0) is 14.7. The zero-order valence-corrected chi connectivity index (χ0v) is 12.5. The maximum absolute atomic E-state index is 12.0. The second kappa shape index (κ2) is 6.37. The van der Waals surface area contributed by atoms with Crippen molar-refractivity contribution in [3.63, 3.8) is 0 Å². The predicted molar refractivity (Wildman–Crippen MR) is 83.4 cm³/mol. The first-order valence-electron chi connectivity index (χ1n) is 7.66. The zero-order valence-electron chi connectivity index (χ0n) is 12.5. The van der Waals surface area contributed by atoms with Crippen molar-refractivity contribution < 1.29 is 0 Å². The Morgan fingerprint density at radius 1 is 1.33 bits per heavy atom. The van der Waals surface area contributed by atoms with E-state index in [0.29, 0.717) is 18.2 Å². The van der Waals surface area contributed by atoms with Gasteiger partial charge in [0.1, 0.15) is 5.65 Å². The summed E-state index contributed by atoms with van der Waals surface area (Å²) in [5.74, 6) is 0. The molecule has 0 radical (unpaired) electrons. The van der Waals surface area contributed by atoms with Crippen LogP contribution in [-0.2, 0) is 6.54 Å². The van der Waals surface area contributed by atoms with Gasteiger partial charge in [0.15, 0.2) is 0 Å². The van der Waals surface area contributed by atoms with Gasteiger partial charge in [0.25, 0.3) is 5.56 Å². The lowest BCUT2D eigenvalue weighted by Gasteiger charge is -2.23. The van der Waals surface area contributed by atoms with Crippen LogP contribution in [0.1, 0.15) is 25.5 Å². The van der Waals surface area contributed by atoms with E-state index < -0.39 is 0 Å². The van der Waals surface area contributed by atoms with Crippen LogP contribution < -0.4 is 10.9 Å². The predicted octanol–water partition coefficient (Wildman–Crippen LogP) is 1.27. The van der Waals surface area contributed by atoms with Gasteiger partial charge in [0, 0.05) is 31.4 Å². The summed E-state index contributed by atoms with van der Waals surface area (Å²) in [6.45, 7) is 6.23. The number of nitrogens with one attached hydrogen (secondary N) is 1. The molecule has 1 fully saturated rings. The quantitative estimate of drug-likeness (QED) is 0.899. The number of hydrogen-bond acceptors (Lipinski definition) is 4. The normalized spacial score (nSPS) is 17.4. The van der Waals surface area contributed by atoms with Gasteiger partial charge >= 0.3 is 0 Å². The molecular weight excluding hydrogens is 264 g/mol. The summed E-state index contributed by atoms with van der Waals surface area (Å²) in [4.78, 5) is 19.0. The summed E-state index contributed by atoms with van der Waals surface area (Å²) >= 11 is 0. The van der Waals surface area contributed by atoms with Crippen molar-refractivity contribution in [3.05, 3.63) is 46.5 Å². The molecule has 3 rings (SSSR count). The minimum Gasteiger partial charge on any atom is -0.310 e. The third-order valence-electron chi connectivity index (χ3n) is 4.13. The van der Waals surface area contributed by atoms with Crippen LogP contribution in [0.2, 0.25) is 0 Å². The number of pyridine rings is 1. The molecule has 1 N–H and O–H groups in total. The van der Waals surface area contributed by atoms with E-state index in [-0.39, 0.29) is 5.56 Å². The largest absolute Gasteiger partial charge is 0.310 e. The number of aromatic nitrogens is 2. The Balaban J connectivity index is 1.61. The smallest absolute Gasteiger partial charge is 0.258 e. The Bertz CT molecular complexity index is 661. The van der Waals surface area contributed by atoms with Crippen LogP contribution in [0.15, 0.2) is 35.3 Å². The molecule has 0 saturated carbocycles. The average Bonchev–Trinajstić information content (AvgIpc) is 3.01. The fourth-order valence-corrected chi connectivity index (χ4v) is 2.91. The molecule has 0 aromatic carbocycles. The summed E-state index contributed by atoms with van der Waals surface area (Å²) in [5.41, 5.74) is 1.49. The third kappa shape index (κ3) is 3.31. The SMILES string of the molecule is CC(CNCc1cc(=O)n2ccccc2n1)N1CCCC1. The fourth-order valence-electron chi connectivity index (χ4n) is 2.91. The summed E-state index contributed by atoms with van der Waals surface area (Å²) < 4.78 is 1.57. The molecule has 2 aromatic heterocycles. The Labute approximate surface area is 124 Å². The van der Waals surface area contributed by atoms with E-state index in [2.05, 4.69) is 22.1 Å². The van der Waals surface area contributed by atoms with Gasteiger partial charge in [-0.05, 0) is 45.0 Å². The summed E-state index contributed by atoms with van der Waals surface area (Å²) in [6.07, 6.45) is 4.37. The van der Waals surface area contributed by atoms with Crippen LogP contribution in [-0.4, -0.2) is 40.0 Å². The molecule has 1 unspecified atom stereocenters. The second-order valence-corrected chi connectivity index (χ2v) is 5.74. The van der Waals surface area contributed by atoms with Crippen molar-refractivity contribution in [1.82, 2.24) is 19.6 Å². The van der Waals surface area contributed by atoms with Crippen molar-refractivity contribution >= 4 is 5.65 Å². The first-order chi connectivity index (χ1) is 10.2. The van der Waals surface area contributed by atoms with Gasteiger partial charge in [-0.2, -0.15) is 0 Å². The van der Waals surface area contributed by atoms with E-state index in [1.165, 1.54) is 25.9 Å². The first-order valence-corrected chi connectivity index (χ1v) is 7.66. The first kappa shape index (κ1) is 14.2. The number of rotatable bonds is 5. The molecule has 21 heavy (non-hydrogen) atoms. The highest BCUT2D eigenvalue weighted by atomic mass is 16.1. The molecule has 1 saturated heterocycles. The number of likely N-dealkylation sites (tertiary alicyclic amines) is 1. The van der Waals surface area contributed by atoms with E-state index in [0.717, 1.165) is 12.2 Å². The molecule has 1 aliphatic heterocycles. The van der Waals surface area contributed by atoms with Crippen LogP contribution in [0.5, 0.6) is 0 Å². The Kier molecular flexibility index (Phi) is 4.31. The molecule has 2 aromatic rings. The maximum atomic E-state index is 12.0.